The molecule has 3 N–H and O–H groups in total. The first-order valence-electron chi connectivity index (χ1n) is 5.51. The summed E-state index contributed by atoms with van der Waals surface area (Å²) in [6.07, 6.45) is 3.16. The van der Waals surface area contributed by atoms with Crippen molar-refractivity contribution in [2.75, 3.05) is 18.2 Å². The molecule has 0 fully saturated rings. The van der Waals surface area contributed by atoms with Gasteiger partial charge in [-0.3, -0.25) is 4.98 Å². The van der Waals surface area contributed by atoms with Crippen molar-refractivity contribution >= 4 is 11.5 Å². The first kappa shape index (κ1) is 12.1. The van der Waals surface area contributed by atoms with Gasteiger partial charge in [0.1, 0.15) is 12.0 Å². The van der Waals surface area contributed by atoms with Crippen LogP contribution in [-0.2, 0) is 6.54 Å². The summed E-state index contributed by atoms with van der Waals surface area (Å²) in [5, 5.41) is 3.13. The third kappa shape index (κ3) is 2.48. The van der Waals surface area contributed by atoms with Crippen molar-refractivity contribution in [2.24, 2.45) is 0 Å². The molecule has 0 atom stereocenters. The molecular formula is C12H15N5O. The molecule has 0 radical (unpaired) electrons. The maximum atomic E-state index is 5.86. The number of aromatic nitrogens is 3. The highest BCUT2D eigenvalue weighted by Crippen LogP contribution is 2.24. The van der Waals surface area contributed by atoms with Crippen LogP contribution >= 0.6 is 0 Å². The fourth-order valence-electron chi connectivity index (χ4n) is 1.55. The molecule has 6 heteroatoms. The maximum Gasteiger partial charge on any atom is 0.242 e. The van der Waals surface area contributed by atoms with Gasteiger partial charge in [0.25, 0.3) is 0 Å². The van der Waals surface area contributed by atoms with Gasteiger partial charge < -0.3 is 15.8 Å². The minimum absolute atomic E-state index is 0.366. The minimum atomic E-state index is 0.366. The number of nitrogens with zero attached hydrogens (tertiary/aromatic N) is 3. The SMILES string of the molecule is COc1ncnc(NCc2ncccc2C)c1N. The van der Waals surface area contributed by atoms with E-state index < -0.39 is 0 Å². The number of hydrogen-bond donors (Lipinski definition) is 2. The van der Waals surface area contributed by atoms with Crippen LogP contribution < -0.4 is 15.8 Å². The second-order valence-corrected chi connectivity index (χ2v) is 3.77. The largest absolute Gasteiger partial charge is 0.479 e. The number of ether oxygens (including phenoxy) is 1. The van der Waals surface area contributed by atoms with Crippen molar-refractivity contribution in [3.63, 3.8) is 0 Å². The number of nitrogens with one attached hydrogen (secondary N) is 1. The molecular weight excluding hydrogens is 230 g/mol. The van der Waals surface area contributed by atoms with Gasteiger partial charge in [-0.05, 0) is 18.6 Å². The number of pyridine rings is 1. The van der Waals surface area contributed by atoms with E-state index in [-0.39, 0.29) is 0 Å². The van der Waals surface area contributed by atoms with Crippen LogP contribution in [0.5, 0.6) is 5.88 Å². The summed E-state index contributed by atoms with van der Waals surface area (Å²) in [6.45, 7) is 2.56. The molecule has 0 bridgehead atoms. The van der Waals surface area contributed by atoms with Crippen LogP contribution in [0.3, 0.4) is 0 Å². The monoisotopic (exact) mass is 245 g/mol. The van der Waals surface area contributed by atoms with Gasteiger partial charge in [0.15, 0.2) is 5.82 Å². The molecule has 2 heterocycles. The summed E-state index contributed by atoms with van der Waals surface area (Å²) in [4.78, 5) is 12.3. The van der Waals surface area contributed by atoms with E-state index in [1.165, 1.54) is 13.4 Å². The van der Waals surface area contributed by atoms with Crippen LogP contribution in [0.15, 0.2) is 24.7 Å². The summed E-state index contributed by atoms with van der Waals surface area (Å²) < 4.78 is 5.03. The van der Waals surface area contributed by atoms with E-state index in [1.807, 2.05) is 19.1 Å². The smallest absolute Gasteiger partial charge is 0.242 e. The molecule has 0 amide bonds. The molecule has 0 aromatic carbocycles. The zero-order valence-corrected chi connectivity index (χ0v) is 10.3. The molecule has 0 aliphatic heterocycles. The van der Waals surface area contributed by atoms with Crippen molar-refractivity contribution in [1.82, 2.24) is 15.0 Å². The Morgan fingerprint density at radius 3 is 2.89 bits per heavy atom. The Balaban J connectivity index is 2.14. The number of hydrogen-bond acceptors (Lipinski definition) is 6. The molecule has 0 saturated heterocycles. The summed E-state index contributed by atoms with van der Waals surface area (Å²) in [7, 11) is 1.52. The quantitative estimate of drug-likeness (QED) is 0.846. The Labute approximate surface area is 105 Å². The van der Waals surface area contributed by atoms with Gasteiger partial charge in [0.05, 0.1) is 19.3 Å². The Hall–Kier alpha value is -2.37. The summed E-state index contributed by atoms with van der Waals surface area (Å²) in [5.41, 5.74) is 8.33. The van der Waals surface area contributed by atoms with E-state index in [9.17, 15) is 0 Å². The number of methoxy groups -OCH3 is 1. The number of aryl methyl sites for hydroxylation is 1. The third-order valence-corrected chi connectivity index (χ3v) is 2.58. The third-order valence-electron chi connectivity index (χ3n) is 2.58. The van der Waals surface area contributed by atoms with E-state index in [1.54, 1.807) is 6.20 Å². The van der Waals surface area contributed by atoms with Crippen LogP contribution in [0.1, 0.15) is 11.3 Å². The predicted octanol–water partition coefficient (Wildman–Crippen LogP) is 1.38. The molecule has 0 aliphatic rings. The number of anilines is 2. The first-order valence-corrected chi connectivity index (χ1v) is 5.51. The van der Waals surface area contributed by atoms with E-state index in [0.717, 1.165) is 11.3 Å². The lowest BCUT2D eigenvalue weighted by atomic mass is 10.2. The second kappa shape index (κ2) is 5.31. The Kier molecular flexibility index (Phi) is 3.57. The van der Waals surface area contributed by atoms with Gasteiger partial charge in [0, 0.05) is 6.20 Å². The molecule has 0 saturated carbocycles. The lowest BCUT2D eigenvalue weighted by molar-refractivity contribution is 0.399. The zero-order chi connectivity index (χ0) is 13.0. The van der Waals surface area contributed by atoms with E-state index in [0.29, 0.717) is 23.9 Å². The predicted molar refractivity (Wildman–Crippen MR) is 69.3 cm³/mol. The van der Waals surface area contributed by atoms with Gasteiger partial charge >= 0.3 is 0 Å². The van der Waals surface area contributed by atoms with Crippen molar-refractivity contribution in [3.8, 4) is 5.88 Å². The van der Waals surface area contributed by atoms with Gasteiger partial charge in [0.2, 0.25) is 5.88 Å². The van der Waals surface area contributed by atoms with Crippen LogP contribution in [0.4, 0.5) is 11.5 Å². The van der Waals surface area contributed by atoms with Crippen LogP contribution in [0.25, 0.3) is 0 Å². The normalized spacial score (nSPS) is 10.1. The van der Waals surface area contributed by atoms with Crippen molar-refractivity contribution in [2.45, 2.75) is 13.5 Å². The van der Waals surface area contributed by atoms with Crippen molar-refractivity contribution in [3.05, 3.63) is 35.9 Å². The summed E-state index contributed by atoms with van der Waals surface area (Å²) in [5.74, 6) is 0.914. The van der Waals surface area contributed by atoms with Crippen LogP contribution in [0.2, 0.25) is 0 Å². The fourth-order valence-corrected chi connectivity index (χ4v) is 1.55. The standard InChI is InChI=1S/C12H15N5O/c1-8-4-3-5-14-9(8)6-15-11-10(13)12(18-2)17-7-16-11/h3-5,7H,6,13H2,1-2H3,(H,15,16,17). The Morgan fingerprint density at radius 2 is 2.17 bits per heavy atom. The maximum absolute atomic E-state index is 5.86. The number of nitrogens with two attached hydrogens (primary N) is 1. The topological polar surface area (TPSA) is 86.0 Å². The first-order chi connectivity index (χ1) is 8.72. The Bertz CT molecular complexity index is 544. The molecule has 0 spiro atoms. The van der Waals surface area contributed by atoms with Crippen molar-refractivity contribution in [1.29, 1.82) is 0 Å². The van der Waals surface area contributed by atoms with Gasteiger partial charge in [-0.2, -0.15) is 4.98 Å². The zero-order valence-electron chi connectivity index (χ0n) is 10.3. The molecule has 2 aromatic heterocycles. The Morgan fingerprint density at radius 1 is 1.33 bits per heavy atom. The molecule has 18 heavy (non-hydrogen) atoms. The summed E-state index contributed by atoms with van der Waals surface area (Å²) >= 11 is 0. The van der Waals surface area contributed by atoms with E-state index in [2.05, 4.69) is 20.3 Å². The second-order valence-electron chi connectivity index (χ2n) is 3.77. The average molecular weight is 245 g/mol. The van der Waals surface area contributed by atoms with E-state index >= 15 is 0 Å². The van der Waals surface area contributed by atoms with E-state index in [4.69, 9.17) is 10.5 Å². The molecule has 2 aromatic rings. The molecule has 2 rings (SSSR count). The molecule has 0 unspecified atom stereocenters. The number of rotatable bonds is 4. The minimum Gasteiger partial charge on any atom is -0.479 e. The highest BCUT2D eigenvalue weighted by Gasteiger charge is 2.08. The molecule has 94 valence electrons. The fraction of sp³-hybridized carbons (Fsp3) is 0.250. The van der Waals surface area contributed by atoms with Gasteiger partial charge in [-0.15, -0.1) is 0 Å². The number of nitrogen functional groups attached to an aromatic ring is 1. The van der Waals surface area contributed by atoms with Gasteiger partial charge in [-0.1, -0.05) is 6.07 Å². The highest BCUT2D eigenvalue weighted by atomic mass is 16.5. The van der Waals surface area contributed by atoms with Gasteiger partial charge in [-0.25, -0.2) is 4.98 Å². The van der Waals surface area contributed by atoms with Crippen LogP contribution in [0, 0.1) is 6.92 Å². The molecule has 6 nitrogen and oxygen atoms in total. The van der Waals surface area contributed by atoms with Crippen molar-refractivity contribution < 1.29 is 4.74 Å². The lowest BCUT2D eigenvalue weighted by Crippen LogP contribution is -2.08. The average Bonchev–Trinajstić information content (AvgIpc) is 2.39. The summed E-state index contributed by atoms with van der Waals surface area (Å²) in [6, 6.07) is 3.91. The lowest BCUT2D eigenvalue weighted by Gasteiger charge is -2.10. The molecule has 0 aliphatic carbocycles. The highest BCUT2D eigenvalue weighted by molar-refractivity contribution is 5.66. The van der Waals surface area contributed by atoms with Crippen LogP contribution in [-0.4, -0.2) is 22.1 Å².